The number of anilines is 1. The first-order chi connectivity index (χ1) is 12.1. The summed E-state index contributed by atoms with van der Waals surface area (Å²) in [6.07, 6.45) is 5.29. The van der Waals surface area contributed by atoms with Gasteiger partial charge in [-0.15, -0.1) is 16.4 Å². The summed E-state index contributed by atoms with van der Waals surface area (Å²) in [7, 11) is 1.89. The molecule has 8 nitrogen and oxygen atoms in total. The highest BCUT2D eigenvalue weighted by molar-refractivity contribution is 7.12. The zero-order valence-corrected chi connectivity index (χ0v) is 14.2. The van der Waals surface area contributed by atoms with Gasteiger partial charge in [-0.3, -0.25) is 4.79 Å². The Morgan fingerprint density at radius 3 is 3.04 bits per heavy atom. The van der Waals surface area contributed by atoms with Crippen molar-refractivity contribution < 1.29 is 4.79 Å². The third-order valence-electron chi connectivity index (χ3n) is 3.85. The van der Waals surface area contributed by atoms with Crippen LogP contribution in [0.15, 0.2) is 42.3 Å². The largest absolute Gasteiger partial charge is 0.366 e. The van der Waals surface area contributed by atoms with Crippen LogP contribution in [-0.4, -0.2) is 30.1 Å². The normalized spacial score (nSPS) is 11.1. The van der Waals surface area contributed by atoms with Crippen LogP contribution in [0.3, 0.4) is 0 Å². The number of nitrogens with zero attached hydrogens (tertiary/aromatic N) is 5. The lowest BCUT2D eigenvalue weighted by molar-refractivity contribution is 0.0954. The number of nitrogens with one attached hydrogen (secondary N) is 1. The van der Waals surface area contributed by atoms with Crippen molar-refractivity contribution in [1.82, 2.24) is 29.5 Å². The number of hydrogen-bond acceptors (Lipinski definition) is 6. The molecule has 3 N–H and O–H groups in total. The number of thiophene rings is 1. The summed E-state index contributed by atoms with van der Waals surface area (Å²) in [4.78, 5) is 21.1. The smallest absolute Gasteiger partial charge is 0.261 e. The van der Waals surface area contributed by atoms with Crippen molar-refractivity contribution in [2.24, 2.45) is 7.05 Å². The summed E-state index contributed by atoms with van der Waals surface area (Å²) < 4.78 is 3.50. The molecule has 0 unspecified atom stereocenters. The van der Waals surface area contributed by atoms with Crippen molar-refractivity contribution in [1.29, 1.82) is 0 Å². The van der Waals surface area contributed by atoms with Crippen molar-refractivity contribution in [3.63, 3.8) is 0 Å². The SMILES string of the molecule is Cn1cncc1CNC(=O)c1cc(-c2ccc3nc(N)nn3c2)cs1. The summed E-state index contributed by atoms with van der Waals surface area (Å²) in [5.74, 6) is 0.126. The lowest BCUT2D eigenvalue weighted by Crippen LogP contribution is -2.22. The van der Waals surface area contributed by atoms with E-state index < -0.39 is 0 Å². The molecule has 0 aliphatic rings. The highest BCUT2D eigenvalue weighted by atomic mass is 32.1. The number of carbonyl (C=O) groups is 1. The van der Waals surface area contributed by atoms with Gasteiger partial charge in [0.05, 0.1) is 23.4 Å². The fourth-order valence-corrected chi connectivity index (χ4v) is 3.32. The van der Waals surface area contributed by atoms with E-state index in [0.717, 1.165) is 16.8 Å². The van der Waals surface area contributed by atoms with Gasteiger partial charge in [0.1, 0.15) is 0 Å². The van der Waals surface area contributed by atoms with E-state index in [0.29, 0.717) is 17.1 Å². The molecule has 0 spiro atoms. The van der Waals surface area contributed by atoms with E-state index in [-0.39, 0.29) is 11.9 Å². The molecular formula is C16H15N7OS. The van der Waals surface area contributed by atoms with Crippen LogP contribution < -0.4 is 11.1 Å². The second-order valence-corrected chi connectivity index (χ2v) is 6.48. The number of nitrogens with two attached hydrogens (primary N) is 1. The molecule has 4 aromatic rings. The average molecular weight is 353 g/mol. The molecular weight excluding hydrogens is 338 g/mol. The number of imidazole rings is 1. The van der Waals surface area contributed by atoms with E-state index in [1.807, 2.05) is 41.4 Å². The highest BCUT2D eigenvalue weighted by Crippen LogP contribution is 2.26. The zero-order chi connectivity index (χ0) is 17.4. The third-order valence-corrected chi connectivity index (χ3v) is 4.78. The molecule has 0 aliphatic carbocycles. The Bertz CT molecular complexity index is 1060. The predicted octanol–water partition coefficient (Wildman–Crippen LogP) is 1.70. The van der Waals surface area contributed by atoms with Gasteiger partial charge in [0.2, 0.25) is 5.95 Å². The Morgan fingerprint density at radius 1 is 1.36 bits per heavy atom. The van der Waals surface area contributed by atoms with E-state index in [1.54, 1.807) is 17.0 Å². The standard InChI is InChI=1S/C16H15N7OS/c1-22-9-18-5-12(22)6-19-15(24)13-4-11(8-25-13)10-2-3-14-20-16(17)21-23(14)7-10/h2-5,7-9H,6H2,1H3,(H2,17,21)(H,19,24). The molecule has 0 saturated heterocycles. The van der Waals surface area contributed by atoms with E-state index in [4.69, 9.17) is 5.73 Å². The number of hydrogen-bond donors (Lipinski definition) is 2. The van der Waals surface area contributed by atoms with Gasteiger partial charge < -0.3 is 15.6 Å². The topological polar surface area (TPSA) is 103 Å². The molecule has 126 valence electrons. The van der Waals surface area contributed by atoms with Crippen LogP contribution in [0.4, 0.5) is 5.95 Å². The predicted molar refractivity (Wildman–Crippen MR) is 95.1 cm³/mol. The first-order valence-corrected chi connectivity index (χ1v) is 8.42. The van der Waals surface area contributed by atoms with E-state index in [9.17, 15) is 4.79 Å². The summed E-state index contributed by atoms with van der Waals surface area (Å²) >= 11 is 1.40. The Kier molecular flexibility index (Phi) is 3.69. The lowest BCUT2D eigenvalue weighted by atomic mass is 10.1. The average Bonchev–Trinajstić information content (AvgIpc) is 3.30. The van der Waals surface area contributed by atoms with E-state index >= 15 is 0 Å². The van der Waals surface area contributed by atoms with Gasteiger partial charge in [-0.2, -0.15) is 4.98 Å². The Morgan fingerprint density at radius 2 is 2.24 bits per heavy atom. The van der Waals surface area contributed by atoms with Crippen LogP contribution in [-0.2, 0) is 13.6 Å². The number of pyridine rings is 1. The summed E-state index contributed by atoms with van der Waals surface area (Å²) in [6, 6.07) is 5.64. The second-order valence-electron chi connectivity index (χ2n) is 5.57. The lowest BCUT2D eigenvalue weighted by Gasteiger charge is -2.04. The van der Waals surface area contributed by atoms with E-state index in [1.165, 1.54) is 11.3 Å². The molecule has 25 heavy (non-hydrogen) atoms. The first kappa shape index (κ1) is 15.3. The Balaban J connectivity index is 1.52. The van der Waals surface area contributed by atoms with Crippen LogP contribution in [0.25, 0.3) is 16.8 Å². The van der Waals surface area contributed by atoms with Gasteiger partial charge >= 0.3 is 0 Å². The zero-order valence-electron chi connectivity index (χ0n) is 13.4. The van der Waals surface area contributed by atoms with Gasteiger partial charge in [0.25, 0.3) is 5.91 Å². The molecule has 0 aliphatic heterocycles. The minimum absolute atomic E-state index is 0.108. The van der Waals surface area contributed by atoms with Crippen molar-refractivity contribution in [3.8, 4) is 11.1 Å². The number of aryl methyl sites for hydroxylation is 1. The number of rotatable bonds is 4. The second kappa shape index (κ2) is 6.02. The van der Waals surface area contributed by atoms with E-state index in [2.05, 4.69) is 20.4 Å². The number of carbonyl (C=O) groups excluding carboxylic acids is 1. The molecule has 0 aromatic carbocycles. The summed E-state index contributed by atoms with van der Waals surface area (Å²) in [6.45, 7) is 0.437. The number of amides is 1. The van der Waals surface area contributed by atoms with Gasteiger partial charge in [-0.05, 0) is 29.1 Å². The maximum Gasteiger partial charge on any atom is 0.261 e. The molecule has 0 fully saturated rings. The molecule has 9 heteroatoms. The van der Waals surface area contributed by atoms with Crippen LogP contribution in [0.2, 0.25) is 0 Å². The van der Waals surface area contributed by atoms with Crippen molar-refractivity contribution in [3.05, 3.63) is 52.9 Å². The highest BCUT2D eigenvalue weighted by Gasteiger charge is 2.11. The maximum absolute atomic E-state index is 12.3. The quantitative estimate of drug-likeness (QED) is 0.581. The van der Waals surface area contributed by atoms with Crippen LogP contribution in [0.5, 0.6) is 0 Å². The summed E-state index contributed by atoms with van der Waals surface area (Å²) in [5.41, 5.74) is 9.13. The maximum atomic E-state index is 12.3. The number of fused-ring (bicyclic) bond motifs is 1. The van der Waals surface area contributed by atoms with Gasteiger partial charge in [-0.25, -0.2) is 9.50 Å². The van der Waals surface area contributed by atoms with Crippen LogP contribution >= 0.6 is 11.3 Å². The number of aromatic nitrogens is 5. The fraction of sp³-hybridized carbons (Fsp3) is 0.125. The molecule has 0 atom stereocenters. The van der Waals surface area contributed by atoms with Gasteiger partial charge in [0, 0.05) is 25.0 Å². The van der Waals surface area contributed by atoms with Crippen LogP contribution in [0, 0.1) is 0 Å². The molecule has 0 bridgehead atoms. The van der Waals surface area contributed by atoms with Crippen molar-refractivity contribution >= 4 is 28.8 Å². The van der Waals surface area contributed by atoms with Crippen molar-refractivity contribution in [2.45, 2.75) is 6.54 Å². The molecule has 4 heterocycles. The first-order valence-electron chi connectivity index (χ1n) is 7.54. The Hall–Kier alpha value is -3.20. The summed E-state index contributed by atoms with van der Waals surface area (Å²) in [5, 5.41) is 8.96. The minimum atomic E-state index is -0.108. The third kappa shape index (κ3) is 2.96. The molecule has 4 rings (SSSR count). The van der Waals surface area contributed by atoms with Gasteiger partial charge in [-0.1, -0.05) is 0 Å². The molecule has 4 aromatic heterocycles. The fourth-order valence-electron chi connectivity index (χ4n) is 2.49. The van der Waals surface area contributed by atoms with Gasteiger partial charge in [0.15, 0.2) is 5.65 Å². The van der Waals surface area contributed by atoms with Crippen LogP contribution in [0.1, 0.15) is 15.4 Å². The minimum Gasteiger partial charge on any atom is -0.366 e. The van der Waals surface area contributed by atoms with Crippen molar-refractivity contribution in [2.75, 3.05) is 5.73 Å². The number of nitrogen functional groups attached to an aromatic ring is 1. The Labute approximate surface area is 146 Å². The molecule has 1 amide bonds. The molecule has 0 radical (unpaired) electrons. The molecule has 0 saturated carbocycles. The monoisotopic (exact) mass is 353 g/mol.